The maximum absolute atomic E-state index is 13.0. The van der Waals surface area contributed by atoms with E-state index in [1.165, 1.54) is 4.57 Å². The second-order valence-corrected chi connectivity index (χ2v) is 6.40. The Morgan fingerprint density at radius 2 is 1.71 bits per heavy atom. The van der Waals surface area contributed by atoms with E-state index >= 15 is 0 Å². The normalized spacial score (nSPS) is 20.0. The van der Waals surface area contributed by atoms with Gasteiger partial charge in [0.1, 0.15) is 0 Å². The van der Waals surface area contributed by atoms with E-state index in [9.17, 15) is 9.59 Å². The molecule has 126 valence electrons. The zero-order valence-corrected chi connectivity index (χ0v) is 13.7. The molecule has 2 saturated heterocycles. The average molecular weight is 328 g/mol. The number of aryl methyl sites for hydroxylation is 1. The largest absolute Gasteiger partial charge is 0.347 e. The van der Waals surface area contributed by atoms with Gasteiger partial charge < -0.3 is 18.9 Å². The lowest BCUT2D eigenvalue weighted by Crippen LogP contribution is -2.47. The van der Waals surface area contributed by atoms with Crippen molar-refractivity contribution >= 4 is 16.7 Å². The molecule has 24 heavy (non-hydrogen) atoms. The number of rotatable bonds is 1. The summed E-state index contributed by atoms with van der Waals surface area (Å²) in [6.45, 7) is 2.44. The van der Waals surface area contributed by atoms with Crippen LogP contribution in [-0.4, -0.2) is 47.5 Å². The van der Waals surface area contributed by atoms with Crippen molar-refractivity contribution in [2.24, 2.45) is 7.05 Å². The number of fused-ring (bicyclic) bond motifs is 1. The summed E-state index contributed by atoms with van der Waals surface area (Å²) < 4.78 is 12.9. The van der Waals surface area contributed by atoms with E-state index in [1.807, 2.05) is 23.1 Å². The summed E-state index contributed by atoms with van der Waals surface area (Å²) in [6, 6.07) is 7.26. The first-order valence-electron chi connectivity index (χ1n) is 8.25. The lowest BCUT2D eigenvalue weighted by molar-refractivity contribution is -0.181. The van der Waals surface area contributed by atoms with Crippen LogP contribution in [0.15, 0.2) is 35.3 Å². The van der Waals surface area contributed by atoms with Gasteiger partial charge in [0.15, 0.2) is 5.79 Å². The first-order chi connectivity index (χ1) is 11.6. The van der Waals surface area contributed by atoms with Crippen molar-refractivity contribution in [1.82, 2.24) is 9.47 Å². The Hall–Kier alpha value is -2.18. The number of hydrogen-bond donors (Lipinski definition) is 0. The van der Waals surface area contributed by atoms with Crippen LogP contribution >= 0.6 is 0 Å². The Morgan fingerprint density at radius 1 is 1.08 bits per heavy atom. The lowest BCUT2D eigenvalue weighted by atomic mass is 10.0. The number of amides is 1. The number of benzene rings is 1. The second-order valence-electron chi connectivity index (χ2n) is 6.40. The molecule has 0 atom stereocenters. The molecular weight excluding hydrogens is 308 g/mol. The standard InChI is InChI=1S/C18H20N2O4/c1-19-12-15(13-4-2-3-5-14(13)16(19)21)17(22)20-8-6-18(7-9-20)23-10-11-24-18/h2-5,12H,6-11H2,1H3. The van der Waals surface area contributed by atoms with Crippen molar-refractivity contribution in [1.29, 1.82) is 0 Å². The molecule has 1 aromatic carbocycles. The van der Waals surface area contributed by atoms with Crippen LogP contribution < -0.4 is 5.56 Å². The van der Waals surface area contributed by atoms with Crippen LogP contribution in [0.3, 0.4) is 0 Å². The molecule has 6 nitrogen and oxygen atoms in total. The first-order valence-corrected chi connectivity index (χ1v) is 8.25. The van der Waals surface area contributed by atoms with Crippen LogP contribution in [0, 0.1) is 0 Å². The van der Waals surface area contributed by atoms with Gasteiger partial charge in [0.2, 0.25) is 0 Å². The summed E-state index contributed by atoms with van der Waals surface area (Å²) >= 11 is 0. The monoisotopic (exact) mass is 328 g/mol. The molecule has 2 aliphatic heterocycles. The molecule has 1 amide bonds. The van der Waals surface area contributed by atoms with Crippen molar-refractivity contribution in [2.75, 3.05) is 26.3 Å². The quantitative estimate of drug-likeness (QED) is 0.796. The van der Waals surface area contributed by atoms with Gasteiger partial charge in [-0.2, -0.15) is 0 Å². The predicted octanol–water partition coefficient (Wildman–Crippen LogP) is 1.52. The maximum Gasteiger partial charge on any atom is 0.258 e. The minimum absolute atomic E-state index is 0.0466. The van der Waals surface area contributed by atoms with E-state index in [4.69, 9.17) is 9.47 Å². The lowest BCUT2D eigenvalue weighted by Gasteiger charge is -2.37. The number of hydrogen-bond acceptors (Lipinski definition) is 4. The molecule has 2 aromatic rings. The topological polar surface area (TPSA) is 60.8 Å². The fourth-order valence-electron chi connectivity index (χ4n) is 3.59. The van der Waals surface area contributed by atoms with Gasteiger partial charge in [-0.15, -0.1) is 0 Å². The third-order valence-corrected chi connectivity index (χ3v) is 4.95. The fraction of sp³-hybridized carbons (Fsp3) is 0.444. The molecule has 0 saturated carbocycles. The summed E-state index contributed by atoms with van der Waals surface area (Å²) in [7, 11) is 1.68. The molecule has 1 aromatic heterocycles. The third-order valence-electron chi connectivity index (χ3n) is 4.95. The number of aromatic nitrogens is 1. The van der Waals surface area contributed by atoms with E-state index in [-0.39, 0.29) is 11.5 Å². The van der Waals surface area contributed by atoms with E-state index in [1.54, 1.807) is 19.3 Å². The summed E-state index contributed by atoms with van der Waals surface area (Å²) in [5.41, 5.74) is 0.476. The van der Waals surface area contributed by atoms with Crippen molar-refractivity contribution in [3.05, 3.63) is 46.4 Å². The van der Waals surface area contributed by atoms with E-state index in [0.29, 0.717) is 55.5 Å². The molecule has 6 heteroatoms. The van der Waals surface area contributed by atoms with Gasteiger partial charge in [0, 0.05) is 49.9 Å². The SMILES string of the molecule is Cn1cc(C(=O)N2CCC3(CC2)OCCO3)c2ccccc2c1=O. The second kappa shape index (κ2) is 5.72. The molecule has 3 heterocycles. The summed E-state index contributed by atoms with van der Waals surface area (Å²) in [6.07, 6.45) is 3.00. The van der Waals surface area contributed by atoms with Crippen LogP contribution in [-0.2, 0) is 16.5 Å². The number of carbonyl (C=O) groups excluding carboxylic acids is 1. The highest BCUT2D eigenvalue weighted by atomic mass is 16.7. The Labute approximate surface area is 139 Å². The minimum Gasteiger partial charge on any atom is -0.347 e. The molecule has 2 aliphatic rings. The fourth-order valence-corrected chi connectivity index (χ4v) is 3.59. The Balaban J connectivity index is 1.65. The minimum atomic E-state index is -0.498. The van der Waals surface area contributed by atoms with E-state index in [0.717, 1.165) is 0 Å². The molecule has 0 bridgehead atoms. The van der Waals surface area contributed by atoms with E-state index < -0.39 is 5.79 Å². The molecule has 2 fully saturated rings. The van der Waals surface area contributed by atoms with Crippen molar-refractivity contribution in [2.45, 2.75) is 18.6 Å². The van der Waals surface area contributed by atoms with Gasteiger partial charge in [-0.25, -0.2) is 0 Å². The van der Waals surface area contributed by atoms with Crippen LogP contribution in [0.2, 0.25) is 0 Å². The maximum atomic E-state index is 13.0. The van der Waals surface area contributed by atoms with Crippen LogP contribution in [0.5, 0.6) is 0 Å². The molecule has 4 rings (SSSR count). The Kier molecular flexibility index (Phi) is 3.66. The van der Waals surface area contributed by atoms with Crippen molar-refractivity contribution in [3.8, 4) is 0 Å². The number of likely N-dealkylation sites (tertiary alicyclic amines) is 1. The Morgan fingerprint density at radius 3 is 2.38 bits per heavy atom. The number of piperidine rings is 1. The Bertz CT molecular complexity index is 842. The molecule has 0 unspecified atom stereocenters. The molecule has 0 aliphatic carbocycles. The van der Waals surface area contributed by atoms with Crippen molar-refractivity contribution in [3.63, 3.8) is 0 Å². The smallest absolute Gasteiger partial charge is 0.258 e. The van der Waals surface area contributed by atoms with Gasteiger partial charge >= 0.3 is 0 Å². The van der Waals surface area contributed by atoms with Gasteiger partial charge in [0.05, 0.1) is 18.8 Å². The molecule has 1 spiro atoms. The number of carbonyl (C=O) groups is 1. The first kappa shape index (κ1) is 15.4. The molecule has 0 radical (unpaired) electrons. The van der Waals surface area contributed by atoms with Crippen molar-refractivity contribution < 1.29 is 14.3 Å². The summed E-state index contributed by atoms with van der Waals surface area (Å²) in [5.74, 6) is -0.544. The van der Waals surface area contributed by atoms with Gasteiger partial charge in [-0.3, -0.25) is 9.59 Å². The van der Waals surface area contributed by atoms with Gasteiger partial charge in [-0.05, 0) is 6.07 Å². The number of ether oxygens (including phenoxy) is 2. The van der Waals surface area contributed by atoms with Gasteiger partial charge in [0.25, 0.3) is 11.5 Å². The highest BCUT2D eigenvalue weighted by Crippen LogP contribution is 2.32. The average Bonchev–Trinajstić information content (AvgIpc) is 3.06. The number of pyridine rings is 1. The van der Waals surface area contributed by atoms with Gasteiger partial charge in [-0.1, -0.05) is 18.2 Å². The zero-order valence-electron chi connectivity index (χ0n) is 13.7. The predicted molar refractivity (Wildman–Crippen MR) is 89.0 cm³/mol. The summed E-state index contributed by atoms with van der Waals surface area (Å²) in [5, 5.41) is 1.28. The zero-order chi connectivity index (χ0) is 16.7. The third kappa shape index (κ3) is 2.42. The van der Waals surface area contributed by atoms with Crippen LogP contribution in [0.25, 0.3) is 10.8 Å². The van der Waals surface area contributed by atoms with Crippen LogP contribution in [0.1, 0.15) is 23.2 Å². The molecule has 0 N–H and O–H groups in total. The van der Waals surface area contributed by atoms with E-state index in [2.05, 4.69) is 0 Å². The molecular formula is C18H20N2O4. The summed E-state index contributed by atoms with van der Waals surface area (Å²) in [4.78, 5) is 27.1. The highest BCUT2D eigenvalue weighted by Gasteiger charge is 2.41. The van der Waals surface area contributed by atoms with Crippen LogP contribution in [0.4, 0.5) is 0 Å². The number of nitrogens with zero attached hydrogens (tertiary/aromatic N) is 2. The highest BCUT2D eigenvalue weighted by molar-refractivity contribution is 6.06.